The second-order valence-electron chi connectivity index (χ2n) is 3.35. The Morgan fingerprint density at radius 1 is 1.56 bits per heavy atom. The number of nitrogens with two attached hydrogens (primary N) is 1. The van der Waals surface area contributed by atoms with Crippen LogP contribution in [0.3, 0.4) is 0 Å². The van der Waals surface area contributed by atoms with Crippen LogP contribution in [0.5, 0.6) is 0 Å². The minimum absolute atomic E-state index is 0.184. The number of nitrogen functional groups attached to an aromatic ring is 1. The lowest BCUT2D eigenvalue weighted by molar-refractivity contribution is 0.0979. The summed E-state index contributed by atoms with van der Waals surface area (Å²) in [5, 5.41) is 7.42. The van der Waals surface area contributed by atoms with Gasteiger partial charge in [0.25, 0.3) is 5.91 Å². The molecule has 1 amide bonds. The van der Waals surface area contributed by atoms with Gasteiger partial charge in [0, 0.05) is 5.69 Å². The molecule has 1 atom stereocenters. The zero-order chi connectivity index (χ0) is 11.5. The fourth-order valence-corrected chi connectivity index (χ4v) is 1.99. The fraction of sp³-hybridized carbons (Fsp3) is 0.200. The van der Waals surface area contributed by atoms with E-state index >= 15 is 0 Å². The summed E-state index contributed by atoms with van der Waals surface area (Å²) in [5.74, 6) is -0.236. The van der Waals surface area contributed by atoms with Gasteiger partial charge in [-0.1, -0.05) is 23.9 Å². The summed E-state index contributed by atoms with van der Waals surface area (Å²) in [7, 11) is 0. The molecule has 1 aliphatic rings. The number of carbonyl (C=O) groups excluding carboxylic acids is 1. The fourth-order valence-electron chi connectivity index (χ4n) is 1.30. The smallest absolute Gasteiger partial charge is 0.259 e. The molecule has 1 unspecified atom stereocenters. The average molecular weight is 236 g/mol. The highest BCUT2D eigenvalue weighted by Gasteiger charge is 2.18. The Morgan fingerprint density at radius 2 is 2.31 bits per heavy atom. The molecule has 1 aromatic rings. The first-order valence-electron chi connectivity index (χ1n) is 4.82. The Bertz CT molecular complexity index is 446. The number of carbonyl (C=O) groups is 1. The first-order chi connectivity index (χ1) is 7.66. The number of nitrogens with one attached hydrogen (secondary N) is 2. The number of para-hydroxylation sites is 1. The largest absolute Gasteiger partial charge is 0.398 e. The predicted molar refractivity (Wildman–Crippen MR) is 65.9 cm³/mol. The van der Waals surface area contributed by atoms with Crippen molar-refractivity contribution in [2.24, 2.45) is 5.10 Å². The van der Waals surface area contributed by atoms with E-state index < -0.39 is 0 Å². The minimum Gasteiger partial charge on any atom is -0.398 e. The molecular formula is C10H12N4OS. The minimum atomic E-state index is -0.236. The summed E-state index contributed by atoms with van der Waals surface area (Å²) in [5.41, 5.74) is 9.47. The third-order valence-corrected chi connectivity index (χ3v) is 2.94. The molecule has 1 aromatic carbocycles. The molecule has 0 spiro atoms. The van der Waals surface area contributed by atoms with Crippen LogP contribution in [0.2, 0.25) is 0 Å². The van der Waals surface area contributed by atoms with Gasteiger partial charge < -0.3 is 5.73 Å². The van der Waals surface area contributed by atoms with E-state index in [1.165, 1.54) is 11.8 Å². The standard InChI is InChI=1S/C10H12N4OS/c1-6-13-14-10(16-6)12-9(15)7-4-2-3-5-8(7)11/h2-6,13H,11H2,1H3,(H,12,14,15). The Morgan fingerprint density at radius 3 is 2.94 bits per heavy atom. The van der Waals surface area contributed by atoms with E-state index in [2.05, 4.69) is 15.8 Å². The quantitative estimate of drug-likeness (QED) is 0.634. The Hall–Kier alpha value is -1.69. The molecule has 0 saturated heterocycles. The van der Waals surface area contributed by atoms with Crippen LogP contribution in [0.4, 0.5) is 5.69 Å². The van der Waals surface area contributed by atoms with Crippen molar-refractivity contribution in [2.75, 3.05) is 5.73 Å². The van der Waals surface area contributed by atoms with E-state index in [4.69, 9.17) is 5.73 Å². The summed E-state index contributed by atoms with van der Waals surface area (Å²) in [6.07, 6.45) is 0. The second kappa shape index (κ2) is 4.44. The van der Waals surface area contributed by atoms with Gasteiger partial charge in [0.05, 0.1) is 10.9 Å². The maximum Gasteiger partial charge on any atom is 0.259 e. The zero-order valence-corrected chi connectivity index (χ0v) is 9.54. The Kier molecular flexibility index (Phi) is 3.00. The molecule has 1 heterocycles. The summed E-state index contributed by atoms with van der Waals surface area (Å²) >= 11 is 1.46. The number of hydrazone groups is 1. The number of rotatable bonds is 1. The van der Waals surface area contributed by atoms with Crippen LogP contribution in [-0.2, 0) is 0 Å². The van der Waals surface area contributed by atoms with Crippen molar-refractivity contribution in [1.82, 2.24) is 10.7 Å². The zero-order valence-electron chi connectivity index (χ0n) is 8.73. The number of nitrogens with zero attached hydrogens (tertiary/aromatic N) is 1. The van der Waals surface area contributed by atoms with Crippen LogP contribution in [0.1, 0.15) is 17.3 Å². The molecule has 6 heteroatoms. The van der Waals surface area contributed by atoms with Crippen LogP contribution >= 0.6 is 11.8 Å². The molecular weight excluding hydrogens is 224 g/mol. The summed E-state index contributed by atoms with van der Waals surface area (Å²) in [6, 6.07) is 6.94. The number of hydrogen-bond acceptors (Lipinski definition) is 5. The van der Waals surface area contributed by atoms with E-state index in [1.807, 2.05) is 6.92 Å². The van der Waals surface area contributed by atoms with Gasteiger partial charge in [-0.2, -0.15) is 5.10 Å². The topological polar surface area (TPSA) is 79.5 Å². The molecule has 84 valence electrons. The maximum absolute atomic E-state index is 11.8. The number of thioether (sulfide) groups is 1. The van der Waals surface area contributed by atoms with E-state index in [1.54, 1.807) is 24.3 Å². The summed E-state index contributed by atoms with van der Waals surface area (Å²) in [4.78, 5) is 11.8. The van der Waals surface area contributed by atoms with Crippen molar-refractivity contribution < 1.29 is 4.79 Å². The third kappa shape index (κ3) is 2.27. The Balaban J connectivity index is 2.07. The lowest BCUT2D eigenvalue weighted by Gasteiger charge is -2.05. The van der Waals surface area contributed by atoms with Crippen LogP contribution in [-0.4, -0.2) is 16.4 Å². The highest BCUT2D eigenvalue weighted by Crippen LogP contribution is 2.16. The molecule has 0 bridgehead atoms. The van der Waals surface area contributed by atoms with E-state index in [0.29, 0.717) is 16.4 Å². The van der Waals surface area contributed by atoms with E-state index in [9.17, 15) is 4.79 Å². The molecule has 1 aliphatic heterocycles. The van der Waals surface area contributed by atoms with Crippen molar-refractivity contribution in [2.45, 2.75) is 12.3 Å². The van der Waals surface area contributed by atoms with Gasteiger partial charge in [0.2, 0.25) is 0 Å². The van der Waals surface area contributed by atoms with Crippen LogP contribution in [0.15, 0.2) is 29.4 Å². The van der Waals surface area contributed by atoms with Crippen molar-refractivity contribution in [3.8, 4) is 0 Å². The van der Waals surface area contributed by atoms with Gasteiger partial charge in [0.1, 0.15) is 0 Å². The molecule has 5 nitrogen and oxygen atoms in total. The number of anilines is 1. The van der Waals surface area contributed by atoms with Crippen molar-refractivity contribution in [3.05, 3.63) is 29.8 Å². The molecule has 0 fully saturated rings. The SMILES string of the molecule is CC1NN=C(NC(=O)c2ccccc2N)S1. The van der Waals surface area contributed by atoms with Gasteiger partial charge in [-0.05, 0) is 19.1 Å². The van der Waals surface area contributed by atoms with Crippen molar-refractivity contribution in [3.63, 3.8) is 0 Å². The van der Waals surface area contributed by atoms with Gasteiger partial charge in [-0.3, -0.25) is 15.5 Å². The predicted octanol–water partition coefficient (Wildman–Crippen LogP) is 0.952. The lowest BCUT2D eigenvalue weighted by Crippen LogP contribution is -2.28. The molecule has 0 aromatic heterocycles. The number of amides is 1. The molecule has 16 heavy (non-hydrogen) atoms. The lowest BCUT2D eigenvalue weighted by atomic mass is 10.2. The number of amidine groups is 1. The number of benzene rings is 1. The first-order valence-corrected chi connectivity index (χ1v) is 5.70. The summed E-state index contributed by atoms with van der Waals surface area (Å²) < 4.78 is 0. The Labute approximate surface area is 97.5 Å². The summed E-state index contributed by atoms with van der Waals surface area (Å²) in [6.45, 7) is 1.96. The highest BCUT2D eigenvalue weighted by atomic mass is 32.2. The van der Waals surface area contributed by atoms with E-state index in [0.717, 1.165) is 0 Å². The van der Waals surface area contributed by atoms with Crippen molar-refractivity contribution >= 4 is 28.5 Å². The van der Waals surface area contributed by atoms with E-state index in [-0.39, 0.29) is 11.3 Å². The molecule has 0 aliphatic carbocycles. The van der Waals surface area contributed by atoms with Gasteiger partial charge >= 0.3 is 0 Å². The van der Waals surface area contributed by atoms with Gasteiger partial charge in [-0.15, -0.1) is 0 Å². The van der Waals surface area contributed by atoms with Gasteiger partial charge in [-0.25, -0.2) is 0 Å². The van der Waals surface area contributed by atoms with Gasteiger partial charge in [0.15, 0.2) is 5.17 Å². The monoisotopic (exact) mass is 236 g/mol. The number of hydrogen-bond donors (Lipinski definition) is 3. The van der Waals surface area contributed by atoms with Crippen molar-refractivity contribution in [1.29, 1.82) is 0 Å². The van der Waals surface area contributed by atoms with Crippen LogP contribution < -0.4 is 16.5 Å². The second-order valence-corrected chi connectivity index (χ2v) is 4.68. The first kappa shape index (κ1) is 10.8. The molecule has 2 rings (SSSR count). The van der Waals surface area contributed by atoms with Crippen LogP contribution in [0.25, 0.3) is 0 Å². The maximum atomic E-state index is 11.8. The molecule has 0 radical (unpaired) electrons. The highest BCUT2D eigenvalue weighted by molar-refractivity contribution is 8.14. The molecule has 4 N–H and O–H groups in total. The van der Waals surface area contributed by atoms with Crippen LogP contribution in [0, 0.1) is 0 Å². The average Bonchev–Trinajstić information content (AvgIpc) is 2.64. The normalized spacial score (nSPS) is 18.8. The third-order valence-electron chi connectivity index (χ3n) is 2.06. The molecule has 0 saturated carbocycles.